The highest BCUT2D eigenvalue weighted by Gasteiger charge is 1.98. The third kappa shape index (κ3) is 2.20. The van der Waals surface area contributed by atoms with Crippen LogP contribution >= 0.6 is 0 Å². The van der Waals surface area contributed by atoms with Crippen molar-refractivity contribution in [3.05, 3.63) is 23.8 Å². The molecule has 1 aromatic carbocycles. The van der Waals surface area contributed by atoms with Crippen LogP contribution < -0.4 is 0 Å². The van der Waals surface area contributed by atoms with Crippen molar-refractivity contribution >= 4 is 23.5 Å². The quantitative estimate of drug-likeness (QED) is 0.505. The molecule has 0 amide bonds. The van der Waals surface area contributed by atoms with Crippen molar-refractivity contribution in [3.8, 4) is 0 Å². The highest BCUT2D eigenvalue weighted by molar-refractivity contribution is 5.60. The normalized spacial score (nSPS) is 8.38. The van der Waals surface area contributed by atoms with Gasteiger partial charge in [0.25, 0.3) is 0 Å². The van der Waals surface area contributed by atoms with Gasteiger partial charge in [0, 0.05) is 6.07 Å². The van der Waals surface area contributed by atoms with Gasteiger partial charge in [-0.2, -0.15) is 9.98 Å². The van der Waals surface area contributed by atoms with Crippen molar-refractivity contribution in [2.45, 2.75) is 6.92 Å². The molecule has 0 saturated carbocycles. The van der Waals surface area contributed by atoms with Gasteiger partial charge in [-0.05, 0) is 18.6 Å². The molecule has 0 aliphatic heterocycles. The van der Waals surface area contributed by atoms with Gasteiger partial charge in [-0.15, -0.1) is 0 Å². The Morgan fingerprint density at radius 3 is 2.54 bits per heavy atom. The van der Waals surface area contributed by atoms with Crippen LogP contribution in [0.3, 0.4) is 0 Å². The molecule has 1 radical (unpaired) electrons. The van der Waals surface area contributed by atoms with Gasteiger partial charge < -0.3 is 0 Å². The molecule has 0 spiro atoms. The summed E-state index contributed by atoms with van der Waals surface area (Å²) in [6.07, 6.45) is 2.77. The number of nitrogens with zero attached hydrogens (tertiary/aromatic N) is 2. The third-order valence-electron chi connectivity index (χ3n) is 1.43. The van der Waals surface area contributed by atoms with Crippen LogP contribution in [0.15, 0.2) is 22.1 Å². The highest BCUT2D eigenvalue weighted by Crippen LogP contribution is 2.22. The molecule has 0 aromatic heterocycles. The number of isocyanates is 2. The topological polar surface area (TPSA) is 58.9 Å². The Bertz CT molecular complexity index is 414. The predicted molar refractivity (Wildman–Crippen MR) is 45.6 cm³/mol. The van der Waals surface area contributed by atoms with Crippen LogP contribution in [-0.2, 0) is 9.59 Å². The number of hydrogen-bond donors (Lipinski definition) is 0. The first-order valence-corrected chi connectivity index (χ1v) is 3.46. The lowest BCUT2D eigenvalue weighted by atomic mass is 10.2. The number of aryl methyl sites for hydroxylation is 1. The van der Waals surface area contributed by atoms with E-state index in [2.05, 4.69) is 16.1 Å². The summed E-state index contributed by atoms with van der Waals surface area (Å²) in [7, 11) is 0. The molecule has 4 nitrogen and oxygen atoms in total. The van der Waals surface area contributed by atoms with Gasteiger partial charge in [0.05, 0.1) is 11.4 Å². The van der Waals surface area contributed by atoms with Crippen molar-refractivity contribution in [2.24, 2.45) is 9.98 Å². The molecule has 0 unspecified atom stereocenters. The molecule has 0 saturated heterocycles. The number of benzene rings is 1. The van der Waals surface area contributed by atoms with Gasteiger partial charge in [-0.3, -0.25) is 0 Å². The summed E-state index contributed by atoms with van der Waals surface area (Å²) in [6.45, 7) is 1.76. The lowest BCUT2D eigenvalue weighted by Crippen LogP contribution is -1.74. The van der Waals surface area contributed by atoms with Crippen LogP contribution in [0.5, 0.6) is 0 Å². The van der Waals surface area contributed by atoms with E-state index in [0.717, 1.165) is 5.56 Å². The zero-order valence-electron chi connectivity index (χ0n) is 6.87. The van der Waals surface area contributed by atoms with Crippen molar-refractivity contribution in [1.29, 1.82) is 0 Å². The average Bonchev–Trinajstić information content (AvgIpc) is 2.12. The SMILES string of the molecule is Cc1ccc(N=C=O)[c]c1N=C=O. The molecule has 0 bridgehead atoms. The summed E-state index contributed by atoms with van der Waals surface area (Å²) in [6, 6.07) is 5.93. The van der Waals surface area contributed by atoms with E-state index in [1.54, 1.807) is 19.1 Å². The minimum Gasteiger partial charge on any atom is -0.211 e. The molecule has 0 aliphatic rings. The zero-order valence-corrected chi connectivity index (χ0v) is 6.87. The Labute approximate surface area is 74.6 Å². The van der Waals surface area contributed by atoms with E-state index in [1.807, 2.05) is 0 Å². The van der Waals surface area contributed by atoms with E-state index >= 15 is 0 Å². The Kier molecular flexibility index (Phi) is 2.87. The first kappa shape index (κ1) is 9.07. The summed E-state index contributed by atoms with van der Waals surface area (Å²) < 4.78 is 0. The van der Waals surface area contributed by atoms with Crippen LogP contribution in [0.4, 0.5) is 11.4 Å². The largest absolute Gasteiger partial charge is 0.240 e. The van der Waals surface area contributed by atoms with Gasteiger partial charge in [0.2, 0.25) is 12.2 Å². The lowest BCUT2D eigenvalue weighted by Gasteiger charge is -1.96. The number of hydrogen-bond acceptors (Lipinski definition) is 4. The molecule has 0 N–H and O–H groups in total. The molecule has 0 fully saturated rings. The van der Waals surface area contributed by atoms with Crippen LogP contribution in [0, 0.1) is 13.0 Å². The Morgan fingerprint density at radius 2 is 1.92 bits per heavy atom. The van der Waals surface area contributed by atoms with Gasteiger partial charge in [-0.25, -0.2) is 9.59 Å². The van der Waals surface area contributed by atoms with Crippen LogP contribution in [0.1, 0.15) is 5.56 Å². The summed E-state index contributed by atoms with van der Waals surface area (Å²) >= 11 is 0. The van der Waals surface area contributed by atoms with Crippen LogP contribution in [-0.4, -0.2) is 12.2 Å². The van der Waals surface area contributed by atoms with Crippen molar-refractivity contribution < 1.29 is 9.59 Å². The fourth-order valence-electron chi connectivity index (χ4n) is 0.821. The van der Waals surface area contributed by atoms with E-state index in [-0.39, 0.29) is 0 Å². The standard InChI is InChI=1S/C9H5N2O2/c1-7-2-3-8(10-5-12)4-9(7)11-6-13/h2-3H,1H3. The first-order chi connectivity index (χ1) is 6.27. The van der Waals surface area contributed by atoms with E-state index in [9.17, 15) is 9.59 Å². The summed E-state index contributed by atoms with van der Waals surface area (Å²) in [5.74, 6) is 0. The fourth-order valence-corrected chi connectivity index (χ4v) is 0.821. The Balaban J connectivity index is 3.25. The molecule has 0 atom stereocenters. The molecule has 4 heteroatoms. The van der Waals surface area contributed by atoms with E-state index < -0.39 is 0 Å². The maximum atomic E-state index is 9.98. The maximum Gasteiger partial charge on any atom is 0.240 e. The number of rotatable bonds is 2. The minimum atomic E-state index is 0.301. The second kappa shape index (κ2) is 4.12. The average molecular weight is 173 g/mol. The fraction of sp³-hybridized carbons (Fsp3) is 0.111. The second-order valence-corrected chi connectivity index (χ2v) is 2.28. The first-order valence-electron chi connectivity index (χ1n) is 3.46. The van der Waals surface area contributed by atoms with Gasteiger partial charge in [-0.1, -0.05) is 6.07 Å². The van der Waals surface area contributed by atoms with Crippen molar-refractivity contribution in [3.63, 3.8) is 0 Å². The van der Waals surface area contributed by atoms with Crippen LogP contribution in [0.25, 0.3) is 0 Å². The summed E-state index contributed by atoms with van der Waals surface area (Å²) in [5, 5.41) is 0. The van der Waals surface area contributed by atoms with Crippen molar-refractivity contribution in [1.82, 2.24) is 0 Å². The molecular formula is C9H5N2O2. The highest BCUT2D eigenvalue weighted by atomic mass is 16.1. The Hall–Kier alpha value is -2.02. The molecular weight excluding hydrogens is 168 g/mol. The monoisotopic (exact) mass is 173 g/mol. The Morgan fingerprint density at radius 1 is 1.23 bits per heavy atom. The number of aliphatic imine (C=N–C) groups is 2. The lowest BCUT2D eigenvalue weighted by molar-refractivity contribution is 0.565. The minimum absolute atomic E-state index is 0.301. The van der Waals surface area contributed by atoms with E-state index in [4.69, 9.17) is 0 Å². The van der Waals surface area contributed by atoms with Crippen LogP contribution in [0.2, 0.25) is 0 Å². The number of carbonyl (C=O) groups excluding carboxylic acids is 2. The van der Waals surface area contributed by atoms with E-state index in [1.165, 1.54) is 12.2 Å². The summed E-state index contributed by atoms with van der Waals surface area (Å²) in [4.78, 5) is 26.6. The second-order valence-electron chi connectivity index (χ2n) is 2.28. The van der Waals surface area contributed by atoms with Gasteiger partial charge in [0.15, 0.2) is 0 Å². The molecule has 13 heavy (non-hydrogen) atoms. The van der Waals surface area contributed by atoms with Crippen molar-refractivity contribution in [2.75, 3.05) is 0 Å². The van der Waals surface area contributed by atoms with Gasteiger partial charge >= 0.3 is 0 Å². The predicted octanol–water partition coefficient (Wildman–Crippen LogP) is 1.73. The smallest absolute Gasteiger partial charge is 0.211 e. The maximum absolute atomic E-state index is 9.98. The third-order valence-corrected chi connectivity index (χ3v) is 1.43. The van der Waals surface area contributed by atoms with E-state index in [0.29, 0.717) is 11.4 Å². The molecule has 1 rings (SSSR count). The summed E-state index contributed by atoms with van der Waals surface area (Å²) in [5.41, 5.74) is 1.41. The van der Waals surface area contributed by atoms with Gasteiger partial charge in [0.1, 0.15) is 0 Å². The molecule has 0 heterocycles. The molecule has 63 valence electrons. The molecule has 1 aromatic rings. The zero-order chi connectivity index (χ0) is 9.68. The molecule has 0 aliphatic carbocycles.